The fraction of sp³-hybridized carbons (Fsp3) is 0.304. The van der Waals surface area contributed by atoms with Crippen molar-refractivity contribution in [2.45, 2.75) is 20.3 Å². The summed E-state index contributed by atoms with van der Waals surface area (Å²) in [5.41, 5.74) is 1.94. The third-order valence-corrected chi connectivity index (χ3v) is 5.22. The van der Waals surface area contributed by atoms with Crippen molar-refractivity contribution in [3.63, 3.8) is 0 Å². The standard InChI is InChI=1S/C23H25FN6O/c1-16-7-8-25-20(13-16)28-21-15-22(27-17(2)26-21)29-9-11-30(12-10-29)23(31)14-18-3-5-19(24)6-4-18/h3-8,13,15H,9-12,14H2,1-2H3,(H,25,26,27,28). The summed E-state index contributed by atoms with van der Waals surface area (Å²) in [5.74, 6) is 2.68. The van der Waals surface area contributed by atoms with Crippen LogP contribution in [0, 0.1) is 19.7 Å². The molecule has 0 radical (unpaired) electrons. The van der Waals surface area contributed by atoms with Gasteiger partial charge in [-0.15, -0.1) is 0 Å². The molecule has 1 amide bonds. The van der Waals surface area contributed by atoms with E-state index in [1.54, 1.807) is 18.3 Å². The van der Waals surface area contributed by atoms with Gasteiger partial charge in [-0.05, 0) is 49.2 Å². The van der Waals surface area contributed by atoms with Gasteiger partial charge in [0, 0.05) is 38.4 Å². The first-order valence-corrected chi connectivity index (χ1v) is 10.3. The van der Waals surface area contributed by atoms with Gasteiger partial charge < -0.3 is 15.1 Å². The van der Waals surface area contributed by atoms with Crippen LogP contribution in [0.25, 0.3) is 0 Å². The van der Waals surface area contributed by atoms with Crippen LogP contribution in [0.3, 0.4) is 0 Å². The van der Waals surface area contributed by atoms with Crippen molar-refractivity contribution in [1.82, 2.24) is 19.9 Å². The van der Waals surface area contributed by atoms with E-state index in [4.69, 9.17) is 0 Å². The first-order valence-electron chi connectivity index (χ1n) is 10.3. The maximum Gasteiger partial charge on any atom is 0.227 e. The average molecular weight is 420 g/mol. The number of aromatic nitrogens is 3. The molecule has 0 spiro atoms. The lowest BCUT2D eigenvalue weighted by Gasteiger charge is -2.35. The summed E-state index contributed by atoms with van der Waals surface area (Å²) in [4.78, 5) is 30.0. The summed E-state index contributed by atoms with van der Waals surface area (Å²) >= 11 is 0. The quantitative estimate of drug-likeness (QED) is 0.683. The molecule has 1 aliphatic heterocycles. The number of rotatable bonds is 5. The van der Waals surface area contributed by atoms with Crippen LogP contribution < -0.4 is 10.2 Å². The Bertz CT molecular complexity index is 1060. The third-order valence-electron chi connectivity index (χ3n) is 5.22. The van der Waals surface area contributed by atoms with Crippen LogP contribution >= 0.6 is 0 Å². The molecule has 0 saturated carbocycles. The highest BCUT2D eigenvalue weighted by molar-refractivity contribution is 5.79. The van der Waals surface area contributed by atoms with E-state index in [-0.39, 0.29) is 18.1 Å². The van der Waals surface area contributed by atoms with Crippen LogP contribution in [0.1, 0.15) is 17.0 Å². The van der Waals surface area contributed by atoms with E-state index >= 15 is 0 Å². The SMILES string of the molecule is Cc1ccnc(Nc2cc(N3CCN(C(=O)Cc4ccc(F)cc4)CC3)nc(C)n2)c1. The number of pyridine rings is 1. The number of benzene rings is 1. The minimum Gasteiger partial charge on any atom is -0.353 e. The van der Waals surface area contributed by atoms with Crippen LogP contribution in [0.5, 0.6) is 0 Å². The lowest BCUT2D eigenvalue weighted by molar-refractivity contribution is -0.130. The Morgan fingerprint density at radius 2 is 1.74 bits per heavy atom. The van der Waals surface area contributed by atoms with E-state index < -0.39 is 0 Å². The number of nitrogens with zero attached hydrogens (tertiary/aromatic N) is 5. The van der Waals surface area contributed by atoms with Gasteiger partial charge in [0.05, 0.1) is 6.42 Å². The number of nitrogens with one attached hydrogen (secondary N) is 1. The van der Waals surface area contributed by atoms with Crippen LogP contribution in [0.15, 0.2) is 48.7 Å². The lowest BCUT2D eigenvalue weighted by atomic mass is 10.1. The molecule has 160 valence electrons. The smallest absolute Gasteiger partial charge is 0.227 e. The van der Waals surface area contributed by atoms with E-state index in [0.717, 1.165) is 22.8 Å². The number of carbonyl (C=O) groups is 1. The Balaban J connectivity index is 1.38. The predicted molar refractivity (Wildman–Crippen MR) is 118 cm³/mol. The highest BCUT2D eigenvalue weighted by Crippen LogP contribution is 2.21. The number of hydrogen-bond donors (Lipinski definition) is 1. The molecule has 7 nitrogen and oxygen atoms in total. The minimum atomic E-state index is -0.294. The summed E-state index contributed by atoms with van der Waals surface area (Å²) in [6.45, 7) is 6.49. The fourth-order valence-electron chi connectivity index (χ4n) is 3.59. The van der Waals surface area contributed by atoms with E-state index in [1.807, 2.05) is 36.9 Å². The summed E-state index contributed by atoms with van der Waals surface area (Å²) in [6.07, 6.45) is 2.04. The zero-order chi connectivity index (χ0) is 21.8. The number of aryl methyl sites for hydroxylation is 2. The van der Waals surface area contributed by atoms with Crippen molar-refractivity contribution in [2.75, 3.05) is 36.4 Å². The molecule has 1 aromatic carbocycles. The molecular weight excluding hydrogens is 395 g/mol. The Kier molecular flexibility index (Phi) is 6.06. The number of carbonyl (C=O) groups excluding carboxylic acids is 1. The third kappa shape index (κ3) is 5.33. The molecule has 0 bridgehead atoms. The van der Waals surface area contributed by atoms with Gasteiger partial charge in [-0.25, -0.2) is 19.3 Å². The van der Waals surface area contributed by atoms with E-state index in [9.17, 15) is 9.18 Å². The van der Waals surface area contributed by atoms with Gasteiger partial charge in [0.1, 0.15) is 29.1 Å². The Morgan fingerprint density at radius 1 is 1.00 bits per heavy atom. The second kappa shape index (κ2) is 9.07. The van der Waals surface area contributed by atoms with Gasteiger partial charge in [0.25, 0.3) is 0 Å². The van der Waals surface area contributed by atoms with Gasteiger partial charge >= 0.3 is 0 Å². The largest absolute Gasteiger partial charge is 0.353 e. The molecule has 3 aromatic rings. The molecule has 3 heterocycles. The monoisotopic (exact) mass is 420 g/mol. The maximum atomic E-state index is 13.1. The fourth-order valence-corrected chi connectivity index (χ4v) is 3.59. The van der Waals surface area contributed by atoms with Gasteiger partial charge in [-0.1, -0.05) is 12.1 Å². The molecule has 4 rings (SSSR count). The topological polar surface area (TPSA) is 74.2 Å². The second-order valence-electron chi connectivity index (χ2n) is 7.67. The maximum absolute atomic E-state index is 13.1. The molecule has 1 fully saturated rings. The van der Waals surface area contributed by atoms with Crippen molar-refractivity contribution in [3.8, 4) is 0 Å². The minimum absolute atomic E-state index is 0.0537. The van der Waals surface area contributed by atoms with Crippen LogP contribution in [0.2, 0.25) is 0 Å². The summed E-state index contributed by atoms with van der Waals surface area (Å²) in [7, 11) is 0. The van der Waals surface area contributed by atoms with Crippen LogP contribution in [0.4, 0.5) is 21.8 Å². The van der Waals surface area contributed by atoms with Crippen molar-refractivity contribution in [3.05, 3.63) is 71.4 Å². The first kappa shape index (κ1) is 20.7. The molecule has 0 atom stereocenters. The summed E-state index contributed by atoms with van der Waals surface area (Å²) < 4.78 is 13.1. The van der Waals surface area contributed by atoms with Crippen molar-refractivity contribution < 1.29 is 9.18 Å². The summed E-state index contributed by atoms with van der Waals surface area (Å²) in [6, 6.07) is 11.9. The molecule has 1 saturated heterocycles. The Labute approximate surface area is 181 Å². The number of piperazine rings is 1. The molecule has 0 unspecified atom stereocenters. The van der Waals surface area contributed by atoms with E-state index in [1.165, 1.54) is 12.1 Å². The van der Waals surface area contributed by atoms with Gasteiger partial charge in [0.15, 0.2) is 0 Å². The molecule has 31 heavy (non-hydrogen) atoms. The summed E-state index contributed by atoms with van der Waals surface area (Å²) in [5, 5.41) is 3.24. The van der Waals surface area contributed by atoms with Gasteiger partial charge in [0.2, 0.25) is 5.91 Å². The Hall–Kier alpha value is -3.55. The zero-order valence-corrected chi connectivity index (χ0v) is 17.7. The lowest BCUT2D eigenvalue weighted by Crippen LogP contribution is -2.49. The zero-order valence-electron chi connectivity index (χ0n) is 17.7. The molecular formula is C23H25FN6O. The van der Waals surface area contributed by atoms with Crippen molar-refractivity contribution in [1.29, 1.82) is 0 Å². The van der Waals surface area contributed by atoms with Gasteiger partial charge in [-0.3, -0.25) is 4.79 Å². The number of hydrogen-bond acceptors (Lipinski definition) is 6. The number of anilines is 3. The van der Waals surface area contributed by atoms with Crippen LogP contribution in [-0.4, -0.2) is 51.9 Å². The molecule has 8 heteroatoms. The normalized spacial score (nSPS) is 13.9. The predicted octanol–water partition coefficient (Wildman–Crippen LogP) is 3.26. The number of halogens is 1. The highest BCUT2D eigenvalue weighted by atomic mass is 19.1. The average Bonchev–Trinajstić information content (AvgIpc) is 2.75. The number of amides is 1. The van der Waals surface area contributed by atoms with Crippen LogP contribution in [-0.2, 0) is 11.2 Å². The molecule has 0 aliphatic carbocycles. The molecule has 1 N–H and O–H groups in total. The first-order chi connectivity index (χ1) is 15.0. The molecule has 1 aliphatic rings. The molecule has 2 aromatic heterocycles. The van der Waals surface area contributed by atoms with Gasteiger partial charge in [-0.2, -0.15) is 0 Å². The van der Waals surface area contributed by atoms with E-state index in [2.05, 4.69) is 25.2 Å². The Morgan fingerprint density at radius 3 is 2.45 bits per heavy atom. The highest BCUT2D eigenvalue weighted by Gasteiger charge is 2.22. The van der Waals surface area contributed by atoms with E-state index in [0.29, 0.717) is 37.8 Å². The van der Waals surface area contributed by atoms with Crippen molar-refractivity contribution in [2.24, 2.45) is 0 Å². The van der Waals surface area contributed by atoms with Crippen molar-refractivity contribution >= 4 is 23.4 Å². The second-order valence-corrected chi connectivity index (χ2v) is 7.67.